The van der Waals surface area contributed by atoms with Crippen molar-refractivity contribution in [2.45, 2.75) is 13.8 Å². The number of thiocarbonyl (C=S) groups is 1. The molecule has 0 fully saturated rings. The first-order valence-corrected chi connectivity index (χ1v) is 5.11. The lowest BCUT2D eigenvalue weighted by Gasteiger charge is -2.11. The van der Waals surface area contributed by atoms with Gasteiger partial charge in [-0.25, -0.2) is 4.99 Å². The van der Waals surface area contributed by atoms with Crippen molar-refractivity contribution in [3.63, 3.8) is 0 Å². The number of nitrogens with zero attached hydrogens (tertiary/aromatic N) is 3. The quantitative estimate of drug-likeness (QED) is 0.413. The second kappa shape index (κ2) is 4.98. The van der Waals surface area contributed by atoms with Gasteiger partial charge >= 0.3 is 0 Å². The molecule has 0 saturated carbocycles. The zero-order valence-corrected chi connectivity index (χ0v) is 10.3. The highest BCUT2D eigenvalue weighted by molar-refractivity contribution is 7.80. The van der Waals surface area contributed by atoms with E-state index in [2.05, 4.69) is 9.98 Å². The maximum Gasteiger partial charge on any atom is 0.137 e. The van der Waals surface area contributed by atoms with Gasteiger partial charge in [-0.3, -0.25) is 4.98 Å². The van der Waals surface area contributed by atoms with Crippen LogP contribution < -0.4 is 0 Å². The van der Waals surface area contributed by atoms with Crippen LogP contribution in [0.3, 0.4) is 0 Å². The third kappa shape index (κ3) is 3.09. The molecule has 0 unspecified atom stereocenters. The molecule has 0 amide bonds. The monoisotopic (exact) mass is 221 g/mol. The Balaban J connectivity index is 2.97. The van der Waals surface area contributed by atoms with Gasteiger partial charge < -0.3 is 4.90 Å². The first-order valence-electron chi connectivity index (χ1n) is 4.71. The van der Waals surface area contributed by atoms with Crippen LogP contribution in [0.2, 0.25) is 0 Å². The molecule has 0 aliphatic heterocycles. The largest absolute Gasteiger partial charge is 0.366 e. The van der Waals surface area contributed by atoms with Gasteiger partial charge in [0.15, 0.2) is 0 Å². The van der Waals surface area contributed by atoms with Crippen molar-refractivity contribution in [2.75, 3.05) is 14.1 Å². The molecule has 1 aromatic rings. The Morgan fingerprint density at radius 3 is 2.67 bits per heavy atom. The molecule has 0 aliphatic carbocycles. The third-order valence-corrected chi connectivity index (χ3v) is 2.46. The molecule has 0 aromatic carbocycles. The summed E-state index contributed by atoms with van der Waals surface area (Å²) in [6, 6.07) is 3.81. The molecule has 0 saturated heterocycles. The summed E-state index contributed by atoms with van der Waals surface area (Å²) in [6.07, 6.45) is 1.75. The van der Waals surface area contributed by atoms with E-state index in [9.17, 15) is 0 Å². The average molecular weight is 221 g/mol. The van der Waals surface area contributed by atoms with Gasteiger partial charge in [0.1, 0.15) is 10.8 Å². The van der Waals surface area contributed by atoms with Crippen LogP contribution in [-0.2, 0) is 0 Å². The van der Waals surface area contributed by atoms with Crippen LogP contribution in [0.1, 0.15) is 18.2 Å². The summed E-state index contributed by atoms with van der Waals surface area (Å²) in [5, 5.41) is 0. The predicted molar refractivity (Wildman–Crippen MR) is 67.5 cm³/mol. The normalized spacial score (nSPS) is 11.3. The number of amidine groups is 1. The van der Waals surface area contributed by atoms with Crippen molar-refractivity contribution in [1.29, 1.82) is 0 Å². The van der Waals surface area contributed by atoms with E-state index in [-0.39, 0.29) is 0 Å². The fraction of sp³-hybridized carbons (Fsp3) is 0.364. The van der Waals surface area contributed by atoms with Crippen molar-refractivity contribution in [2.24, 2.45) is 4.99 Å². The van der Waals surface area contributed by atoms with Crippen LogP contribution >= 0.6 is 12.2 Å². The third-order valence-electron chi connectivity index (χ3n) is 2.15. The van der Waals surface area contributed by atoms with Crippen molar-refractivity contribution in [1.82, 2.24) is 9.88 Å². The van der Waals surface area contributed by atoms with Gasteiger partial charge in [0.25, 0.3) is 0 Å². The van der Waals surface area contributed by atoms with E-state index in [1.165, 1.54) is 0 Å². The Kier molecular flexibility index (Phi) is 3.91. The van der Waals surface area contributed by atoms with Gasteiger partial charge in [-0.2, -0.15) is 0 Å². The highest BCUT2D eigenvalue weighted by Gasteiger charge is 2.04. The SMILES string of the molecule is CC(=NC(=S)c1cccnc1C)N(C)C. The molecule has 4 heteroatoms. The number of rotatable bonds is 1. The molecule has 0 spiro atoms. The van der Waals surface area contributed by atoms with E-state index in [0.29, 0.717) is 4.99 Å². The summed E-state index contributed by atoms with van der Waals surface area (Å²) < 4.78 is 0. The first kappa shape index (κ1) is 11.8. The lowest BCUT2D eigenvalue weighted by molar-refractivity contribution is 0.620. The minimum absolute atomic E-state index is 0.590. The molecule has 3 nitrogen and oxygen atoms in total. The number of hydrogen-bond acceptors (Lipinski definition) is 2. The fourth-order valence-corrected chi connectivity index (χ4v) is 1.37. The second-order valence-electron chi connectivity index (χ2n) is 3.49. The molecule has 80 valence electrons. The molecule has 1 aromatic heterocycles. The van der Waals surface area contributed by atoms with E-state index in [1.807, 2.05) is 45.0 Å². The Morgan fingerprint density at radius 2 is 2.13 bits per heavy atom. The van der Waals surface area contributed by atoms with E-state index in [4.69, 9.17) is 12.2 Å². The van der Waals surface area contributed by atoms with E-state index < -0.39 is 0 Å². The van der Waals surface area contributed by atoms with Crippen LogP contribution in [0, 0.1) is 6.92 Å². The maximum absolute atomic E-state index is 5.25. The molecule has 0 N–H and O–H groups in total. The fourth-order valence-electron chi connectivity index (χ4n) is 1.02. The van der Waals surface area contributed by atoms with Crippen LogP contribution in [0.25, 0.3) is 0 Å². The predicted octanol–water partition coefficient (Wildman–Crippen LogP) is 2.05. The zero-order chi connectivity index (χ0) is 11.4. The number of aromatic nitrogens is 1. The summed E-state index contributed by atoms with van der Waals surface area (Å²) in [5.74, 6) is 0.892. The minimum Gasteiger partial charge on any atom is -0.366 e. The Bertz CT molecular complexity index is 397. The average Bonchev–Trinajstić information content (AvgIpc) is 2.18. The second-order valence-corrected chi connectivity index (χ2v) is 3.88. The molecular weight excluding hydrogens is 206 g/mol. The van der Waals surface area contributed by atoms with Crippen molar-refractivity contribution < 1.29 is 0 Å². The van der Waals surface area contributed by atoms with Gasteiger partial charge in [-0.15, -0.1) is 0 Å². The Labute approximate surface area is 95.9 Å². The van der Waals surface area contributed by atoms with E-state index >= 15 is 0 Å². The van der Waals surface area contributed by atoms with Gasteiger partial charge in [0, 0.05) is 31.5 Å². The molecular formula is C11H15N3S. The Hall–Kier alpha value is -1.29. The lowest BCUT2D eigenvalue weighted by atomic mass is 10.2. The van der Waals surface area contributed by atoms with Crippen molar-refractivity contribution in [3.8, 4) is 0 Å². The minimum atomic E-state index is 0.590. The van der Waals surface area contributed by atoms with Crippen molar-refractivity contribution in [3.05, 3.63) is 29.6 Å². The molecule has 0 bridgehead atoms. The number of aryl methyl sites for hydroxylation is 1. The molecule has 0 atom stereocenters. The molecule has 0 aliphatic rings. The molecule has 0 radical (unpaired) electrons. The van der Waals surface area contributed by atoms with Gasteiger partial charge in [-0.05, 0) is 26.0 Å². The summed E-state index contributed by atoms with van der Waals surface area (Å²) in [7, 11) is 3.88. The smallest absolute Gasteiger partial charge is 0.137 e. The Morgan fingerprint density at radius 1 is 1.47 bits per heavy atom. The molecule has 15 heavy (non-hydrogen) atoms. The molecule has 1 rings (SSSR count). The van der Waals surface area contributed by atoms with Gasteiger partial charge in [0.05, 0.1) is 0 Å². The lowest BCUT2D eigenvalue weighted by Crippen LogP contribution is -2.19. The van der Waals surface area contributed by atoms with Crippen LogP contribution in [0.15, 0.2) is 23.3 Å². The van der Waals surface area contributed by atoms with Crippen molar-refractivity contribution >= 4 is 23.0 Å². The summed E-state index contributed by atoms with van der Waals surface area (Å²) >= 11 is 5.25. The molecule has 1 heterocycles. The highest BCUT2D eigenvalue weighted by atomic mass is 32.1. The standard InChI is InChI=1S/C11H15N3S/c1-8-10(6-5-7-12-8)11(15)13-9(2)14(3)4/h5-7H,1-4H3. The number of hydrogen-bond donors (Lipinski definition) is 0. The highest BCUT2D eigenvalue weighted by Crippen LogP contribution is 2.07. The number of pyridine rings is 1. The number of aliphatic imine (C=N–C) groups is 1. The van der Waals surface area contributed by atoms with Crippen LogP contribution in [0.5, 0.6) is 0 Å². The van der Waals surface area contributed by atoms with E-state index in [1.54, 1.807) is 6.20 Å². The summed E-state index contributed by atoms with van der Waals surface area (Å²) in [6.45, 7) is 3.86. The van der Waals surface area contributed by atoms with Crippen LogP contribution in [-0.4, -0.2) is 34.8 Å². The summed E-state index contributed by atoms with van der Waals surface area (Å²) in [5.41, 5.74) is 1.84. The first-order chi connectivity index (χ1) is 7.02. The zero-order valence-electron chi connectivity index (χ0n) is 9.48. The topological polar surface area (TPSA) is 28.5 Å². The summed E-state index contributed by atoms with van der Waals surface area (Å²) in [4.78, 5) is 11.0. The van der Waals surface area contributed by atoms with E-state index in [0.717, 1.165) is 17.1 Å². The van der Waals surface area contributed by atoms with Gasteiger partial charge in [-0.1, -0.05) is 12.2 Å². The maximum atomic E-state index is 5.25. The van der Waals surface area contributed by atoms with Gasteiger partial charge in [0.2, 0.25) is 0 Å². The van der Waals surface area contributed by atoms with Crippen LogP contribution in [0.4, 0.5) is 0 Å².